The van der Waals surface area contributed by atoms with Crippen molar-refractivity contribution >= 4 is 24.0 Å². The van der Waals surface area contributed by atoms with E-state index >= 15 is 0 Å². The van der Waals surface area contributed by atoms with E-state index in [9.17, 15) is 0 Å². The first kappa shape index (κ1) is 15.6. The summed E-state index contributed by atoms with van der Waals surface area (Å²) < 4.78 is 2.26. The highest BCUT2D eigenvalue weighted by molar-refractivity contribution is 6.91. The van der Waals surface area contributed by atoms with Gasteiger partial charge < -0.3 is 0 Å². The Morgan fingerprint density at radius 2 is 1.75 bits per heavy atom. The highest BCUT2D eigenvalue weighted by atomic mass is 28.3. The fourth-order valence-electron chi connectivity index (χ4n) is 3.99. The SMILES string of the molecule is Cc1ccccc1-c1c2ccc([Si](C)(C)C3CC3)cc2cc[n+]1C. The Morgan fingerprint density at radius 1 is 1.00 bits per heavy atom. The second-order valence-corrected chi connectivity index (χ2v) is 12.7. The smallest absolute Gasteiger partial charge is 0.200 e. The van der Waals surface area contributed by atoms with E-state index in [1.54, 1.807) is 5.19 Å². The number of hydrogen-bond acceptors (Lipinski definition) is 0. The molecule has 0 atom stereocenters. The first-order valence-corrected chi connectivity index (χ1v) is 12.0. The third-order valence-corrected chi connectivity index (χ3v) is 10.3. The topological polar surface area (TPSA) is 3.88 Å². The van der Waals surface area contributed by atoms with Crippen molar-refractivity contribution in [3.05, 3.63) is 60.3 Å². The normalized spacial score (nSPS) is 15.0. The molecule has 1 aliphatic rings. The summed E-state index contributed by atoms with van der Waals surface area (Å²) in [5.41, 5.74) is 4.98. The molecule has 4 rings (SSSR count). The van der Waals surface area contributed by atoms with Crippen LogP contribution in [0.2, 0.25) is 18.6 Å². The Morgan fingerprint density at radius 3 is 2.46 bits per heavy atom. The number of aromatic nitrogens is 1. The van der Waals surface area contributed by atoms with E-state index in [0.29, 0.717) is 0 Å². The minimum absolute atomic E-state index is 0.991. The zero-order chi connectivity index (χ0) is 16.9. The Kier molecular flexibility index (Phi) is 3.61. The van der Waals surface area contributed by atoms with E-state index < -0.39 is 8.07 Å². The second kappa shape index (κ2) is 5.56. The third kappa shape index (κ3) is 2.50. The maximum absolute atomic E-state index is 2.54. The molecule has 3 aromatic rings. The van der Waals surface area contributed by atoms with Crippen LogP contribution in [0.25, 0.3) is 22.0 Å². The van der Waals surface area contributed by atoms with E-state index in [-0.39, 0.29) is 0 Å². The van der Waals surface area contributed by atoms with Crippen molar-refractivity contribution in [2.45, 2.75) is 38.4 Å². The largest absolute Gasteiger partial charge is 0.220 e. The molecule has 0 bridgehead atoms. The molecule has 2 heteroatoms. The summed E-state index contributed by atoms with van der Waals surface area (Å²) in [5.74, 6) is 0. The molecule has 1 aliphatic carbocycles. The molecule has 0 N–H and O–H groups in total. The van der Waals surface area contributed by atoms with Gasteiger partial charge in [0.15, 0.2) is 6.20 Å². The average molecular weight is 333 g/mol. The highest BCUT2D eigenvalue weighted by Crippen LogP contribution is 2.45. The van der Waals surface area contributed by atoms with Gasteiger partial charge in [-0.05, 0) is 35.5 Å². The van der Waals surface area contributed by atoms with Crippen LogP contribution >= 0.6 is 0 Å². The van der Waals surface area contributed by atoms with E-state index in [0.717, 1.165) is 5.54 Å². The first-order chi connectivity index (χ1) is 11.5. The van der Waals surface area contributed by atoms with Gasteiger partial charge >= 0.3 is 0 Å². The lowest BCUT2D eigenvalue weighted by Gasteiger charge is -2.23. The molecule has 0 radical (unpaired) electrons. The molecule has 2 aromatic carbocycles. The highest BCUT2D eigenvalue weighted by Gasteiger charge is 2.40. The maximum Gasteiger partial charge on any atom is 0.220 e. The molecule has 0 aliphatic heterocycles. The zero-order valence-corrected chi connectivity index (χ0v) is 16.1. The molecule has 122 valence electrons. The number of fused-ring (bicyclic) bond motifs is 1. The van der Waals surface area contributed by atoms with Crippen molar-refractivity contribution in [3.63, 3.8) is 0 Å². The second-order valence-electron chi connectivity index (χ2n) is 7.89. The Balaban J connectivity index is 1.92. The van der Waals surface area contributed by atoms with Crippen LogP contribution in [0, 0.1) is 6.92 Å². The molecule has 0 spiro atoms. The fraction of sp³-hybridized carbons (Fsp3) is 0.318. The van der Waals surface area contributed by atoms with Gasteiger partial charge in [-0.3, -0.25) is 0 Å². The third-order valence-electron chi connectivity index (χ3n) is 5.88. The summed E-state index contributed by atoms with van der Waals surface area (Å²) in [7, 11) is 0.860. The number of benzene rings is 2. The molecule has 1 aromatic heterocycles. The minimum Gasteiger partial charge on any atom is -0.200 e. The number of rotatable bonds is 3. The molecule has 0 amide bonds. The molecule has 1 saturated carbocycles. The molecular formula is C22H26NSi+. The lowest BCUT2D eigenvalue weighted by atomic mass is 10.00. The fourth-order valence-corrected chi connectivity index (χ4v) is 7.11. The summed E-state index contributed by atoms with van der Waals surface area (Å²) in [6, 6.07) is 18.2. The van der Waals surface area contributed by atoms with Gasteiger partial charge in [-0.1, -0.05) is 61.5 Å². The number of pyridine rings is 1. The van der Waals surface area contributed by atoms with Gasteiger partial charge in [0, 0.05) is 11.6 Å². The van der Waals surface area contributed by atoms with E-state index in [2.05, 4.69) is 86.4 Å². The van der Waals surface area contributed by atoms with Crippen LogP contribution in [0.5, 0.6) is 0 Å². The molecule has 0 unspecified atom stereocenters. The van der Waals surface area contributed by atoms with Gasteiger partial charge in [-0.25, -0.2) is 4.57 Å². The van der Waals surface area contributed by atoms with Gasteiger partial charge in [0.2, 0.25) is 5.69 Å². The van der Waals surface area contributed by atoms with Gasteiger partial charge in [0.05, 0.1) is 13.5 Å². The minimum atomic E-state index is -1.29. The Labute approximate surface area is 146 Å². The maximum atomic E-state index is 2.54. The predicted molar refractivity (Wildman–Crippen MR) is 105 cm³/mol. The predicted octanol–water partition coefficient (Wildman–Crippen LogP) is 4.72. The first-order valence-electron chi connectivity index (χ1n) is 8.97. The van der Waals surface area contributed by atoms with E-state index in [1.165, 1.54) is 40.4 Å². The van der Waals surface area contributed by atoms with Crippen molar-refractivity contribution in [3.8, 4) is 11.3 Å². The number of nitrogens with zero attached hydrogens (tertiary/aromatic N) is 1. The average Bonchev–Trinajstić information content (AvgIpc) is 3.41. The van der Waals surface area contributed by atoms with Crippen molar-refractivity contribution in [2.24, 2.45) is 7.05 Å². The van der Waals surface area contributed by atoms with Gasteiger partial charge in [-0.15, -0.1) is 0 Å². The summed E-state index contributed by atoms with van der Waals surface area (Å²) in [6.45, 7) is 7.28. The quantitative estimate of drug-likeness (QED) is 0.483. The van der Waals surface area contributed by atoms with Crippen LogP contribution in [0.1, 0.15) is 18.4 Å². The van der Waals surface area contributed by atoms with E-state index in [4.69, 9.17) is 0 Å². The van der Waals surface area contributed by atoms with Crippen LogP contribution in [-0.4, -0.2) is 8.07 Å². The monoisotopic (exact) mass is 332 g/mol. The van der Waals surface area contributed by atoms with E-state index in [1.807, 2.05) is 0 Å². The lowest BCUT2D eigenvalue weighted by molar-refractivity contribution is -0.659. The van der Waals surface area contributed by atoms with Crippen molar-refractivity contribution in [1.82, 2.24) is 0 Å². The van der Waals surface area contributed by atoms with Gasteiger partial charge in [-0.2, -0.15) is 0 Å². The molecular weight excluding hydrogens is 306 g/mol. The number of hydrogen-bond donors (Lipinski definition) is 0. The molecule has 1 fully saturated rings. The summed E-state index contributed by atoms with van der Waals surface area (Å²) >= 11 is 0. The molecule has 1 heterocycles. The number of aryl methyl sites for hydroxylation is 2. The molecule has 24 heavy (non-hydrogen) atoms. The van der Waals surface area contributed by atoms with Crippen LogP contribution in [0.4, 0.5) is 0 Å². The lowest BCUT2D eigenvalue weighted by Crippen LogP contribution is -2.41. The van der Waals surface area contributed by atoms with Gasteiger partial charge in [0.1, 0.15) is 7.05 Å². The summed E-state index contributed by atoms with van der Waals surface area (Å²) in [5, 5.41) is 4.35. The van der Waals surface area contributed by atoms with Crippen LogP contribution < -0.4 is 9.75 Å². The standard InChI is InChI=1S/C22H26NSi/c1-16-7-5-6-8-20(16)22-21-12-11-19(24(3,4)18-9-10-18)15-17(21)13-14-23(22)2/h5-8,11-15,18H,9-10H2,1-4H3/q+1. The molecule has 1 nitrogen and oxygen atoms in total. The van der Waals surface area contributed by atoms with Crippen molar-refractivity contribution < 1.29 is 4.57 Å². The van der Waals surface area contributed by atoms with Gasteiger partial charge in [0.25, 0.3) is 0 Å². The van der Waals surface area contributed by atoms with Crippen molar-refractivity contribution in [1.29, 1.82) is 0 Å². The summed E-state index contributed by atoms with van der Waals surface area (Å²) in [6.07, 6.45) is 5.09. The summed E-state index contributed by atoms with van der Waals surface area (Å²) in [4.78, 5) is 0. The van der Waals surface area contributed by atoms with Crippen molar-refractivity contribution in [2.75, 3.05) is 0 Å². The Bertz CT molecular complexity index is 922. The van der Waals surface area contributed by atoms with Crippen LogP contribution in [-0.2, 0) is 7.05 Å². The van der Waals surface area contributed by atoms with Crippen LogP contribution in [0.3, 0.4) is 0 Å². The zero-order valence-electron chi connectivity index (χ0n) is 15.1. The Hall–Kier alpha value is -1.93. The molecule has 0 saturated heterocycles. The van der Waals surface area contributed by atoms with Crippen LogP contribution in [0.15, 0.2) is 54.7 Å².